The summed E-state index contributed by atoms with van der Waals surface area (Å²) in [6.45, 7) is 10.1. The first kappa shape index (κ1) is 38.2. The lowest BCUT2D eigenvalue weighted by molar-refractivity contribution is -0.147. The lowest BCUT2D eigenvalue weighted by Gasteiger charge is -2.26. The molecule has 2 aromatic rings. The number of benzene rings is 2. The number of primary amides is 1. The van der Waals surface area contributed by atoms with Gasteiger partial charge in [-0.3, -0.25) is 24.0 Å². The molecule has 0 fully saturated rings. The maximum atomic E-state index is 13.6. The SMILES string of the molecule is CC(C)C[C@H](NC(=O)[C@H](C)NC(=O)OC(C)(C)C)C(=O)N[C@@H](CC(=O)OCc1ccccc1)C(=O)N[C@@H](Cc1ccccc1)C(N)=O. The van der Waals surface area contributed by atoms with Crippen molar-refractivity contribution >= 4 is 35.7 Å². The van der Waals surface area contributed by atoms with Crippen LogP contribution in [0.5, 0.6) is 0 Å². The average molecular weight is 654 g/mol. The van der Waals surface area contributed by atoms with E-state index in [0.717, 1.165) is 11.1 Å². The zero-order chi connectivity index (χ0) is 35.1. The van der Waals surface area contributed by atoms with Crippen molar-refractivity contribution in [2.75, 3.05) is 0 Å². The number of carbonyl (C=O) groups excluding carboxylic acids is 6. The maximum Gasteiger partial charge on any atom is 0.408 e. The summed E-state index contributed by atoms with van der Waals surface area (Å²) in [5, 5.41) is 10.1. The maximum absolute atomic E-state index is 13.6. The Kier molecular flexibility index (Phi) is 14.9. The third-order valence-corrected chi connectivity index (χ3v) is 6.66. The number of esters is 1. The fraction of sp³-hybridized carbons (Fsp3) is 0.471. The molecule has 13 nitrogen and oxygen atoms in total. The Morgan fingerprint density at radius 2 is 1.21 bits per heavy atom. The van der Waals surface area contributed by atoms with Crippen molar-refractivity contribution in [3.8, 4) is 0 Å². The summed E-state index contributed by atoms with van der Waals surface area (Å²) in [6, 6.07) is 12.9. The molecule has 0 aliphatic heterocycles. The van der Waals surface area contributed by atoms with E-state index in [2.05, 4.69) is 21.3 Å². The second kappa shape index (κ2) is 18.3. The molecule has 6 N–H and O–H groups in total. The molecule has 0 aromatic heterocycles. The van der Waals surface area contributed by atoms with E-state index < -0.39 is 71.9 Å². The van der Waals surface area contributed by atoms with Crippen LogP contribution in [0.15, 0.2) is 60.7 Å². The molecule has 5 amide bonds. The van der Waals surface area contributed by atoms with E-state index in [9.17, 15) is 28.8 Å². The number of hydrogen-bond acceptors (Lipinski definition) is 8. The molecule has 2 rings (SSSR count). The molecule has 0 spiro atoms. The van der Waals surface area contributed by atoms with Gasteiger partial charge in [0.15, 0.2) is 0 Å². The molecule has 0 saturated heterocycles. The van der Waals surface area contributed by atoms with Gasteiger partial charge >= 0.3 is 12.1 Å². The van der Waals surface area contributed by atoms with E-state index in [-0.39, 0.29) is 25.4 Å². The van der Waals surface area contributed by atoms with E-state index in [1.807, 2.05) is 19.9 Å². The van der Waals surface area contributed by atoms with E-state index >= 15 is 0 Å². The highest BCUT2D eigenvalue weighted by Crippen LogP contribution is 2.10. The van der Waals surface area contributed by atoms with Crippen LogP contribution in [0.2, 0.25) is 0 Å². The van der Waals surface area contributed by atoms with Gasteiger partial charge in [0.25, 0.3) is 0 Å². The molecule has 0 aliphatic rings. The van der Waals surface area contributed by atoms with Crippen molar-refractivity contribution < 1.29 is 38.2 Å². The molecule has 0 heterocycles. The molecular formula is C34H47N5O8. The van der Waals surface area contributed by atoms with E-state index in [1.165, 1.54) is 6.92 Å². The minimum atomic E-state index is -1.48. The topological polar surface area (TPSA) is 195 Å². The third kappa shape index (κ3) is 14.8. The van der Waals surface area contributed by atoms with Crippen LogP contribution in [0, 0.1) is 5.92 Å². The number of ether oxygens (including phenoxy) is 2. The highest BCUT2D eigenvalue weighted by atomic mass is 16.6. The zero-order valence-electron chi connectivity index (χ0n) is 27.8. The summed E-state index contributed by atoms with van der Waals surface area (Å²) < 4.78 is 10.5. The first-order valence-electron chi connectivity index (χ1n) is 15.5. The van der Waals surface area contributed by atoms with Crippen LogP contribution < -0.4 is 27.0 Å². The van der Waals surface area contributed by atoms with Crippen LogP contribution in [-0.4, -0.2) is 65.5 Å². The summed E-state index contributed by atoms with van der Waals surface area (Å²) in [7, 11) is 0. The van der Waals surface area contributed by atoms with Gasteiger partial charge in [-0.15, -0.1) is 0 Å². The lowest BCUT2D eigenvalue weighted by Crippen LogP contribution is -2.58. The fourth-order valence-corrected chi connectivity index (χ4v) is 4.34. The van der Waals surface area contributed by atoms with E-state index in [0.29, 0.717) is 0 Å². The van der Waals surface area contributed by atoms with Crippen molar-refractivity contribution in [1.82, 2.24) is 21.3 Å². The average Bonchev–Trinajstić information content (AvgIpc) is 2.98. The summed E-state index contributed by atoms with van der Waals surface area (Å²) in [5.41, 5.74) is 6.25. The molecule has 0 radical (unpaired) electrons. The number of nitrogens with two attached hydrogens (primary N) is 1. The summed E-state index contributed by atoms with van der Waals surface area (Å²) in [6.07, 6.45) is -1.13. The van der Waals surface area contributed by atoms with Gasteiger partial charge in [0.1, 0.15) is 36.4 Å². The number of amides is 5. The normalized spacial score (nSPS) is 13.7. The smallest absolute Gasteiger partial charge is 0.408 e. The van der Waals surface area contributed by atoms with E-state index in [1.54, 1.807) is 75.4 Å². The van der Waals surface area contributed by atoms with E-state index in [4.69, 9.17) is 15.2 Å². The second-order valence-corrected chi connectivity index (χ2v) is 12.6. The lowest BCUT2D eigenvalue weighted by atomic mass is 10.0. The Morgan fingerprint density at radius 1 is 0.702 bits per heavy atom. The zero-order valence-corrected chi connectivity index (χ0v) is 27.8. The molecule has 47 heavy (non-hydrogen) atoms. The molecule has 13 heteroatoms. The monoisotopic (exact) mass is 653 g/mol. The largest absolute Gasteiger partial charge is 0.461 e. The van der Waals surface area contributed by atoms with Crippen molar-refractivity contribution in [3.05, 3.63) is 71.8 Å². The first-order chi connectivity index (χ1) is 22.0. The molecule has 0 aliphatic carbocycles. The van der Waals surface area contributed by atoms with Crippen LogP contribution >= 0.6 is 0 Å². The van der Waals surface area contributed by atoms with Crippen LogP contribution in [0.3, 0.4) is 0 Å². The van der Waals surface area contributed by atoms with Gasteiger partial charge in [-0.2, -0.15) is 0 Å². The quantitative estimate of drug-likeness (QED) is 0.170. The highest BCUT2D eigenvalue weighted by Gasteiger charge is 2.32. The molecule has 0 bridgehead atoms. The van der Waals surface area contributed by atoms with Crippen LogP contribution in [-0.2, 0) is 46.5 Å². The number of alkyl carbamates (subject to hydrolysis) is 1. The van der Waals surface area contributed by atoms with Crippen molar-refractivity contribution in [3.63, 3.8) is 0 Å². The second-order valence-electron chi connectivity index (χ2n) is 12.6. The van der Waals surface area contributed by atoms with Gasteiger partial charge in [0.05, 0.1) is 6.42 Å². The van der Waals surface area contributed by atoms with Crippen LogP contribution in [0.4, 0.5) is 4.79 Å². The summed E-state index contributed by atoms with van der Waals surface area (Å²) in [4.78, 5) is 77.4. The Morgan fingerprint density at radius 3 is 1.74 bits per heavy atom. The van der Waals surface area contributed by atoms with Gasteiger partial charge in [0.2, 0.25) is 23.6 Å². The predicted octanol–water partition coefficient (Wildman–Crippen LogP) is 2.26. The first-order valence-corrected chi connectivity index (χ1v) is 15.5. The Hall–Kier alpha value is -4.94. The molecule has 2 aromatic carbocycles. The number of rotatable bonds is 16. The number of carbonyl (C=O) groups is 6. The summed E-state index contributed by atoms with van der Waals surface area (Å²) >= 11 is 0. The van der Waals surface area contributed by atoms with Gasteiger partial charge in [-0.1, -0.05) is 74.5 Å². The Bertz CT molecular complexity index is 1360. The van der Waals surface area contributed by atoms with Gasteiger partial charge < -0.3 is 36.5 Å². The molecule has 0 saturated carbocycles. The highest BCUT2D eigenvalue weighted by molar-refractivity contribution is 5.96. The molecule has 256 valence electrons. The molecule has 4 atom stereocenters. The number of nitrogens with one attached hydrogen (secondary N) is 4. The third-order valence-electron chi connectivity index (χ3n) is 6.66. The van der Waals surface area contributed by atoms with Gasteiger partial charge in [-0.25, -0.2) is 4.79 Å². The minimum absolute atomic E-state index is 0.0611. The van der Waals surface area contributed by atoms with Crippen LogP contribution in [0.1, 0.15) is 65.5 Å². The Balaban J connectivity index is 2.23. The van der Waals surface area contributed by atoms with Crippen molar-refractivity contribution in [2.24, 2.45) is 11.7 Å². The van der Waals surface area contributed by atoms with Crippen molar-refractivity contribution in [1.29, 1.82) is 0 Å². The minimum Gasteiger partial charge on any atom is -0.461 e. The molecule has 0 unspecified atom stereocenters. The fourth-order valence-electron chi connectivity index (χ4n) is 4.34. The molecular weight excluding hydrogens is 606 g/mol. The summed E-state index contributed by atoms with van der Waals surface area (Å²) in [5.74, 6) is -3.94. The van der Waals surface area contributed by atoms with Crippen LogP contribution in [0.25, 0.3) is 0 Å². The Labute approximate surface area is 275 Å². The van der Waals surface area contributed by atoms with Gasteiger partial charge in [0, 0.05) is 6.42 Å². The van der Waals surface area contributed by atoms with Gasteiger partial charge in [-0.05, 0) is 51.2 Å². The number of hydrogen-bond donors (Lipinski definition) is 5. The standard InChI is InChI=1S/C34H47N5O8/c1-21(2)17-26(38-30(42)22(3)36-33(45)47-34(4,5)6)31(43)39-27(19-28(40)46-20-24-15-11-8-12-16-24)32(44)37-25(29(35)41)18-23-13-9-7-10-14-23/h7-16,21-22,25-27H,17-20H2,1-6H3,(H2,35,41)(H,36,45)(H,37,44)(H,38,42)(H,39,43)/t22-,25-,26-,27-/m0/s1. The van der Waals surface area contributed by atoms with Crippen molar-refractivity contribution in [2.45, 2.75) is 97.2 Å². The predicted molar refractivity (Wildman–Crippen MR) is 174 cm³/mol.